The summed E-state index contributed by atoms with van der Waals surface area (Å²) in [6, 6.07) is 18.2. The van der Waals surface area contributed by atoms with Gasteiger partial charge in [-0.2, -0.15) is 0 Å². The molecule has 0 bridgehead atoms. The maximum atomic E-state index is 13.3. The van der Waals surface area contributed by atoms with Gasteiger partial charge in [0.1, 0.15) is 0 Å². The Balaban J connectivity index is 1.58. The molecular formula is C24H26N2O2. The number of nitrogens with zero attached hydrogens (tertiary/aromatic N) is 2. The number of benzene rings is 2. The van der Waals surface area contributed by atoms with Gasteiger partial charge in [-0.05, 0) is 62.8 Å². The first kappa shape index (κ1) is 17.5. The molecule has 144 valence electrons. The predicted molar refractivity (Wildman–Crippen MR) is 110 cm³/mol. The molecule has 0 unspecified atom stereocenters. The van der Waals surface area contributed by atoms with Crippen molar-refractivity contribution in [1.29, 1.82) is 0 Å². The molecule has 0 spiro atoms. The van der Waals surface area contributed by atoms with E-state index in [-0.39, 0.29) is 35.7 Å². The molecule has 2 atom stereocenters. The number of para-hydroxylation sites is 2. The summed E-state index contributed by atoms with van der Waals surface area (Å²) in [5.74, 6) is 0.803. The fourth-order valence-electron chi connectivity index (χ4n) is 4.47. The van der Waals surface area contributed by atoms with Crippen LogP contribution in [0.2, 0.25) is 0 Å². The van der Waals surface area contributed by atoms with E-state index in [1.165, 1.54) is 0 Å². The maximum absolute atomic E-state index is 13.3. The summed E-state index contributed by atoms with van der Waals surface area (Å²) in [7, 11) is 0. The highest BCUT2D eigenvalue weighted by atomic mass is 16.2. The predicted octanol–water partition coefficient (Wildman–Crippen LogP) is 4.71. The lowest BCUT2D eigenvalue weighted by Gasteiger charge is -2.43. The third-order valence-corrected chi connectivity index (χ3v) is 6.23. The third-order valence-electron chi connectivity index (χ3n) is 6.23. The fraction of sp³-hybridized carbons (Fsp3) is 0.417. The van der Waals surface area contributed by atoms with Crippen LogP contribution in [-0.4, -0.2) is 17.9 Å². The first-order chi connectivity index (χ1) is 13.6. The monoisotopic (exact) mass is 374 g/mol. The van der Waals surface area contributed by atoms with Crippen molar-refractivity contribution in [1.82, 2.24) is 0 Å². The molecule has 2 aromatic rings. The molecule has 4 nitrogen and oxygen atoms in total. The van der Waals surface area contributed by atoms with Crippen LogP contribution in [0.3, 0.4) is 0 Å². The zero-order chi connectivity index (χ0) is 19.3. The van der Waals surface area contributed by atoms with Gasteiger partial charge >= 0.3 is 0 Å². The Kier molecular flexibility index (Phi) is 4.22. The number of hydrogen-bond acceptors (Lipinski definition) is 2. The molecule has 5 rings (SSSR count). The lowest BCUT2D eigenvalue weighted by molar-refractivity contribution is -0.120. The first-order valence-electron chi connectivity index (χ1n) is 10.4. The highest BCUT2D eigenvalue weighted by Gasteiger charge is 2.44. The van der Waals surface area contributed by atoms with Crippen LogP contribution >= 0.6 is 0 Å². The van der Waals surface area contributed by atoms with Gasteiger partial charge in [0.25, 0.3) is 0 Å². The minimum atomic E-state index is -0.0371. The van der Waals surface area contributed by atoms with Crippen LogP contribution in [0.4, 0.5) is 11.4 Å². The van der Waals surface area contributed by atoms with Crippen molar-refractivity contribution < 1.29 is 9.59 Å². The number of fused-ring (bicyclic) bond motifs is 1. The molecule has 3 aliphatic rings. The molecule has 0 saturated heterocycles. The Morgan fingerprint density at radius 2 is 1.54 bits per heavy atom. The molecule has 2 amide bonds. The van der Waals surface area contributed by atoms with E-state index in [4.69, 9.17) is 0 Å². The van der Waals surface area contributed by atoms with Crippen LogP contribution in [-0.2, 0) is 9.59 Å². The molecule has 4 heteroatoms. The summed E-state index contributed by atoms with van der Waals surface area (Å²) >= 11 is 0. The molecule has 2 aliphatic carbocycles. The van der Waals surface area contributed by atoms with Gasteiger partial charge in [0, 0.05) is 29.3 Å². The summed E-state index contributed by atoms with van der Waals surface area (Å²) in [5.41, 5.74) is 3.02. The number of rotatable bonds is 4. The molecule has 1 aliphatic heterocycles. The van der Waals surface area contributed by atoms with E-state index >= 15 is 0 Å². The maximum Gasteiger partial charge on any atom is 0.230 e. The lowest BCUT2D eigenvalue weighted by Crippen LogP contribution is -2.48. The average molecular weight is 374 g/mol. The Morgan fingerprint density at radius 1 is 0.893 bits per heavy atom. The highest BCUT2D eigenvalue weighted by Crippen LogP contribution is 2.46. The second-order valence-electron chi connectivity index (χ2n) is 8.46. The first-order valence-corrected chi connectivity index (χ1v) is 10.4. The minimum Gasteiger partial charge on any atom is -0.309 e. The average Bonchev–Trinajstić information content (AvgIpc) is 3.61. The Labute approximate surface area is 166 Å². The van der Waals surface area contributed by atoms with Crippen LogP contribution in [0.25, 0.3) is 0 Å². The second kappa shape index (κ2) is 6.77. The van der Waals surface area contributed by atoms with E-state index in [2.05, 4.69) is 13.0 Å². The van der Waals surface area contributed by atoms with Gasteiger partial charge in [-0.25, -0.2) is 0 Å². The van der Waals surface area contributed by atoms with Gasteiger partial charge in [-0.1, -0.05) is 36.4 Å². The summed E-state index contributed by atoms with van der Waals surface area (Å²) in [5, 5.41) is 0. The number of carbonyl (C=O) groups is 2. The molecular weight excluding hydrogens is 348 g/mol. The largest absolute Gasteiger partial charge is 0.309 e. The van der Waals surface area contributed by atoms with E-state index in [0.717, 1.165) is 49.0 Å². The van der Waals surface area contributed by atoms with Crippen molar-refractivity contribution >= 4 is 23.2 Å². The van der Waals surface area contributed by atoms with E-state index in [1.54, 1.807) is 0 Å². The summed E-state index contributed by atoms with van der Waals surface area (Å²) < 4.78 is 0. The van der Waals surface area contributed by atoms with Crippen molar-refractivity contribution in [3.05, 3.63) is 60.2 Å². The molecule has 2 saturated carbocycles. The van der Waals surface area contributed by atoms with Crippen molar-refractivity contribution in [2.45, 2.75) is 51.1 Å². The smallest absolute Gasteiger partial charge is 0.230 e. The number of anilines is 2. The SMILES string of the molecule is C[C@@H]1C[C@H](N(C(=O)C2CC2)c2ccccc2)c2ccccc2N1C(=O)C1CC1. The van der Waals surface area contributed by atoms with Crippen molar-refractivity contribution in [2.75, 3.05) is 9.80 Å². The van der Waals surface area contributed by atoms with Gasteiger partial charge in [-0.15, -0.1) is 0 Å². The summed E-state index contributed by atoms with van der Waals surface area (Å²) in [6.45, 7) is 2.12. The van der Waals surface area contributed by atoms with Gasteiger partial charge in [0.2, 0.25) is 11.8 Å². The van der Waals surface area contributed by atoms with Gasteiger partial charge < -0.3 is 9.80 Å². The van der Waals surface area contributed by atoms with E-state index < -0.39 is 0 Å². The van der Waals surface area contributed by atoms with Crippen LogP contribution in [0, 0.1) is 11.8 Å². The normalized spacial score (nSPS) is 23.8. The summed E-state index contributed by atoms with van der Waals surface area (Å²) in [4.78, 5) is 30.3. The van der Waals surface area contributed by atoms with E-state index in [1.807, 2.05) is 58.3 Å². The van der Waals surface area contributed by atoms with E-state index in [0.29, 0.717) is 0 Å². The van der Waals surface area contributed by atoms with E-state index in [9.17, 15) is 9.59 Å². The standard InChI is InChI=1S/C24H26N2O2/c1-16-15-22(26(24(28)18-13-14-18)19-7-3-2-4-8-19)20-9-5-6-10-21(20)25(16)23(27)17-11-12-17/h2-10,16-18,22H,11-15H2,1H3/t16-,22+/m1/s1. The topological polar surface area (TPSA) is 40.6 Å². The Morgan fingerprint density at radius 3 is 2.21 bits per heavy atom. The zero-order valence-corrected chi connectivity index (χ0v) is 16.3. The van der Waals surface area contributed by atoms with Crippen LogP contribution < -0.4 is 9.80 Å². The van der Waals surface area contributed by atoms with Gasteiger partial charge in [0.15, 0.2) is 0 Å². The number of carbonyl (C=O) groups excluding carboxylic acids is 2. The molecule has 28 heavy (non-hydrogen) atoms. The molecule has 1 heterocycles. The van der Waals surface area contributed by atoms with Crippen LogP contribution in [0.1, 0.15) is 50.6 Å². The third kappa shape index (κ3) is 3.01. The number of hydrogen-bond donors (Lipinski definition) is 0. The zero-order valence-electron chi connectivity index (χ0n) is 16.3. The molecule has 0 radical (unpaired) electrons. The summed E-state index contributed by atoms with van der Waals surface area (Å²) in [6.07, 6.45) is 4.74. The minimum absolute atomic E-state index is 0.0371. The van der Waals surface area contributed by atoms with Gasteiger partial charge in [0.05, 0.1) is 6.04 Å². The van der Waals surface area contributed by atoms with Crippen molar-refractivity contribution in [2.24, 2.45) is 11.8 Å². The Hall–Kier alpha value is -2.62. The van der Waals surface area contributed by atoms with Crippen LogP contribution in [0.15, 0.2) is 54.6 Å². The second-order valence-corrected chi connectivity index (χ2v) is 8.46. The van der Waals surface area contributed by atoms with Crippen molar-refractivity contribution in [3.63, 3.8) is 0 Å². The van der Waals surface area contributed by atoms with Crippen molar-refractivity contribution in [3.8, 4) is 0 Å². The molecule has 2 fully saturated rings. The Bertz CT molecular complexity index is 902. The lowest BCUT2D eigenvalue weighted by atomic mass is 9.89. The number of amides is 2. The molecule has 0 N–H and O–H groups in total. The van der Waals surface area contributed by atoms with Gasteiger partial charge in [-0.3, -0.25) is 9.59 Å². The van der Waals surface area contributed by atoms with Crippen LogP contribution in [0.5, 0.6) is 0 Å². The highest BCUT2D eigenvalue weighted by molar-refractivity contribution is 6.00. The molecule has 0 aromatic heterocycles. The quantitative estimate of drug-likeness (QED) is 0.778. The molecule has 2 aromatic carbocycles. The fourth-order valence-corrected chi connectivity index (χ4v) is 4.47.